The molecule has 3 N–H and O–H groups in total. The van der Waals surface area contributed by atoms with Crippen LogP contribution in [0.5, 0.6) is 0 Å². The van der Waals surface area contributed by atoms with Gasteiger partial charge in [-0.2, -0.15) is 0 Å². The number of hydrogen-bond donors (Lipinski definition) is 3. The molecule has 0 bridgehead atoms. The van der Waals surface area contributed by atoms with E-state index in [2.05, 4.69) is 15.3 Å². The van der Waals surface area contributed by atoms with E-state index in [-0.39, 0.29) is 5.69 Å². The molecule has 2 heterocycles. The van der Waals surface area contributed by atoms with E-state index in [0.29, 0.717) is 11.4 Å². The summed E-state index contributed by atoms with van der Waals surface area (Å²) in [6.07, 6.45) is 0.691. The molecule has 2 aromatic rings. The van der Waals surface area contributed by atoms with E-state index < -0.39 is 0 Å². The second-order valence-corrected chi connectivity index (χ2v) is 3.97. The van der Waals surface area contributed by atoms with Crippen molar-refractivity contribution in [3.63, 3.8) is 0 Å². The normalized spacial score (nSPS) is 12.9. The zero-order chi connectivity index (χ0) is 10.4. The van der Waals surface area contributed by atoms with Crippen molar-refractivity contribution in [3.05, 3.63) is 45.0 Å². The highest BCUT2D eigenvalue weighted by Crippen LogP contribution is 2.31. The lowest BCUT2D eigenvalue weighted by Crippen LogP contribution is -2.06. The lowest BCUT2D eigenvalue weighted by Gasteiger charge is -2.17. The summed E-state index contributed by atoms with van der Waals surface area (Å²) in [5.41, 5.74) is 2.76. The first kappa shape index (κ1) is 8.61. The molecule has 0 unspecified atom stereocenters. The van der Waals surface area contributed by atoms with Crippen LogP contribution in [0.25, 0.3) is 0 Å². The van der Waals surface area contributed by atoms with E-state index in [4.69, 9.17) is 11.6 Å². The first-order valence-electron chi connectivity index (χ1n) is 4.59. The summed E-state index contributed by atoms with van der Waals surface area (Å²) in [6, 6.07) is 5.63. The zero-order valence-electron chi connectivity index (χ0n) is 7.73. The molecule has 1 aromatic carbocycles. The molecule has 5 heteroatoms. The number of imidazole rings is 1. The molecule has 0 atom stereocenters. The van der Waals surface area contributed by atoms with Crippen LogP contribution in [0.1, 0.15) is 11.3 Å². The first-order chi connectivity index (χ1) is 7.22. The summed E-state index contributed by atoms with van der Waals surface area (Å²) in [5, 5.41) is 3.85. The Labute approximate surface area is 90.3 Å². The second-order valence-electron chi connectivity index (χ2n) is 3.54. The number of H-pyrrole nitrogens is 2. The number of benzene rings is 1. The van der Waals surface area contributed by atoms with E-state index in [1.165, 1.54) is 0 Å². The van der Waals surface area contributed by atoms with Crippen LogP contribution < -0.4 is 11.0 Å². The number of halogens is 1. The number of nitrogens with one attached hydrogen (secondary N) is 3. The molecule has 0 radical (unpaired) electrons. The molecule has 0 spiro atoms. The van der Waals surface area contributed by atoms with Crippen LogP contribution in [0.4, 0.5) is 11.5 Å². The van der Waals surface area contributed by atoms with Gasteiger partial charge in [0.05, 0.1) is 5.69 Å². The lowest BCUT2D eigenvalue weighted by molar-refractivity contribution is 1.07. The molecule has 0 saturated heterocycles. The maximum Gasteiger partial charge on any atom is 0.324 e. The Morgan fingerprint density at radius 2 is 2.13 bits per heavy atom. The Morgan fingerprint density at radius 1 is 1.27 bits per heavy atom. The van der Waals surface area contributed by atoms with E-state index >= 15 is 0 Å². The van der Waals surface area contributed by atoms with Crippen LogP contribution in [0.2, 0.25) is 5.02 Å². The average Bonchev–Trinajstić information content (AvgIpc) is 2.53. The Bertz CT molecular complexity index is 585. The van der Waals surface area contributed by atoms with Gasteiger partial charge in [0, 0.05) is 17.1 Å². The topological polar surface area (TPSA) is 60.7 Å². The van der Waals surface area contributed by atoms with Crippen LogP contribution in [0.3, 0.4) is 0 Å². The quantitative estimate of drug-likeness (QED) is 0.544. The molecular formula is C10H8ClN3O. The molecule has 0 fully saturated rings. The van der Waals surface area contributed by atoms with Crippen molar-refractivity contribution in [3.8, 4) is 0 Å². The number of aromatic nitrogens is 2. The predicted molar refractivity (Wildman–Crippen MR) is 59.0 cm³/mol. The standard InChI is InChI=1S/C10H8ClN3O/c11-6-1-2-7-5(3-6)4-8-9(12-7)14-10(15)13-8/h1-3,12H,4H2,(H2,13,14,15). The number of fused-ring (bicyclic) bond motifs is 2. The summed E-state index contributed by atoms with van der Waals surface area (Å²) in [6.45, 7) is 0. The SMILES string of the molecule is O=c1[nH]c2c([nH]1)Nc1ccc(Cl)cc1C2. The minimum atomic E-state index is -0.189. The highest BCUT2D eigenvalue weighted by molar-refractivity contribution is 6.30. The monoisotopic (exact) mass is 221 g/mol. The second kappa shape index (κ2) is 2.90. The van der Waals surface area contributed by atoms with Gasteiger partial charge in [-0.15, -0.1) is 0 Å². The Morgan fingerprint density at radius 3 is 3.00 bits per heavy atom. The third kappa shape index (κ3) is 1.34. The van der Waals surface area contributed by atoms with E-state index in [1.807, 2.05) is 18.2 Å². The third-order valence-corrected chi connectivity index (χ3v) is 2.73. The molecule has 15 heavy (non-hydrogen) atoms. The highest BCUT2D eigenvalue weighted by Gasteiger charge is 2.17. The van der Waals surface area contributed by atoms with Crippen molar-refractivity contribution >= 4 is 23.1 Å². The summed E-state index contributed by atoms with van der Waals surface area (Å²) in [7, 11) is 0. The number of hydrogen-bond acceptors (Lipinski definition) is 2. The Kier molecular flexibility index (Phi) is 1.67. The Balaban J connectivity index is 2.14. The van der Waals surface area contributed by atoms with Gasteiger partial charge in [0.2, 0.25) is 0 Å². The van der Waals surface area contributed by atoms with Gasteiger partial charge in [-0.25, -0.2) is 4.79 Å². The van der Waals surface area contributed by atoms with Crippen LogP contribution in [0, 0.1) is 0 Å². The summed E-state index contributed by atoms with van der Waals surface area (Å²) < 4.78 is 0. The van der Waals surface area contributed by atoms with Crippen LogP contribution in [-0.2, 0) is 6.42 Å². The van der Waals surface area contributed by atoms with E-state index in [0.717, 1.165) is 22.8 Å². The maximum atomic E-state index is 11.1. The van der Waals surface area contributed by atoms with E-state index in [9.17, 15) is 4.79 Å². The van der Waals surface area contributed by atoms with Crippen molar-refractivity contribution in [1.82, 2.24) is 9.97 Å². The molecule has 3 rings (SSSR count). The molecule has 4 nitrogen and oxygen atoms in total. The van der Waals surface area contributed by atoms with Gasteiger partial charge in [-0.3, -0.25) is 4.98 Å². The highest BCUT2D eigenvalue weighted by atomic mass is 35.5. The first-order valence-corrected chi connectivity index (χ1v) is 4.97. The maximum absolute atomic E-state index is 11.1. The molecule has 76 valence electrons. The number of anilines is 2. The minimum Gasteiger partial charge on any atom is -0.340 e. The van der Waals surface area contributed by atoms with Crippen molar-refractivity contribution in [2.45, 2.75) is 6.42 Å². The van der Waals surface area contributed by atoms with Gasteiger partial charge in [-0.05, 0) is 23.8 Å². The van der Waals surface area contributed by atoms with Crippen molar-refractivity contribution in [2.75, 3.05) is 5.32 Å². The van der Waals surface area contributed by atoms with Gasteiger partial charge >= 0.3 is 5.69 Å². The fraction of sp³-hybridized carbons (Fsp3) is 0.100. The fourth-order valence-corrected chi connectivity index (χ4v) is 2.01. The van der Waals surface area contributed by atoms with Gasteiger partial charge < -0.3 is 10.3 Å². The summed E-state index contributed by atoms with van der Waals surface area (Å²) in [4.78, 5) is 16.5. The van der Waals surface area contributed by atoms with Crippen molar-refractivity contribution in [2.24, 2.45) is 0 Å². The largest absolute Gasteiger partial charge is 0.340 e. The van der Waals surface area contributed by atoms with Gasteiger partial charge in [0.1, 0.15) is 5.82 Å². The van der Waals surface area contributed by atoms with Crippen molar-refractivity contribution < 1.29 is 0 Å². The van der Waals surface area contributed by atoms with Crippen LogP contribution in [-0.4, -0.2) is 9.97 Å². The fourth-order valence-electron chi connectivity index (χ4n) is 1.81. The smallest absolute Gasteiger partial charge is 0.324 e. The number of aromatic amines is 2. The van der Waals surface area contributed by atoms with Gasteiger partial charge in [0.15, 0.2) is 0 Å². The molecule has 1 aliphatic rings. The molecular weight excluding hydrogens is 214 g/mol. The zero-order valence-corrected chi connectivity index (χ0v) is 8.48. The predicted octanol–water partition coefficient (Wildman–Crippen LogP) is 2.00. The minimum absolute atomic E-state index is 0.189. The van der Waals surface area contributed by atoms with Crippen LogP contribution in [0.15, 0.2) is 23.0 Å². The van der Waals surface area contributed by atoms with Gasteiger partial charge in [0.25, 0.3) is 0 Å². The third-order valence-electron chi connectivity index (χ3n) is 2.50. The van der Waals surface area contributed by atoms with Crippen LogP contribution >= 0.6 is 11.6 Å². The lowest BCUT2D eigenvalue weighted by atomic mass is 10.0. The molecule has 0 saturated carbocycles. The Hall–Kier alpha value is -1.68. The molecule has 1 aliphatic heterocycles. The molecule has 0 aliphatic carbocycles. The average molecular weight is 222 g/mol. The number of rotatable bonds is 0. The molecule has 0 amide bonds. The van der Waals surface area contributed by atoms with Gasteiger partial charge in [-0.1, -0.05) is 11.6 Å². The summed E-state index contributed by atoms with van der Waals surface area (Å²) >= 11 is 5.90. The summed E-state index contributed by atoms with van der Waals surface area (Å²) in [5.74, 6) is 0.745. The van der Waals surface area contributed by atoms with E-state index in [1.54, 1.807) is 0 Å². The van der Waals surface area contributed by atoms with Crippen molar-refractivity contribution in [1.29, 1.82) is 0 Å². The molecule has 1 aromatic heterocycles.